The molecule has 2 nitrogen and oxygen atoms in total. The summed E-state index contributed by atoms with van der Waals surface area (Å²) in [6.45, 7) is 0. The maximum atomic E-state index is 10.8. The van der Waals surface area contributed by atoms with Crippen molar-refractivity contribution in [2.45, 2.75) is 19.3 Å². The summed E-state index contributed by atoms with van der Waals surface area (Å²) in [5.74, 6) is -0.263. The molecule has 0 amide bonds. The molecule has 0 aromatic carbocycles. The van der Waals surface area contributed by atoms with Crippen molar-refractivity contribution in [2.24, 2.45) is 0 Å². The van der Waals surface area contributed by atoms with Crippen molar-refractivity contribution in [1.29, 1.82) is 0 Å². The van der Waals surface area contributed by atoms with Crippen LogP contribution in [0, 0.1) is 0 Å². The summed E-state index contributed by atoms with van der Waals surface area (Å²) in [6, 6.07) is 0. The van der Waals surface area contributed by atoms with E-state index in [1.807, 2.05) is 0 Å². The van der Waals surface area contributed by atoms with Crippen molar-refractivity contribution < 1.29 is 9.59 Å². The van der Waals surface area contributed by atoms with Gasteiger partial charge >= 0.3 is 0 Å². The Morgan fingerprint density at radius 1 is 1.40 bits per heavy atom. The van der Waals surface area contributed by atoms with E-state index >= 15 is 0 Å². The van der Waals surface area contributed by atoms with E-state index in [-0.39, 0.29) is 23.0 Å². The third-order valence-electron chi connectivity index (χ3n) is 1.37. The van der Waals surface area contributed by atoms with Gasteiger partial charge in [0, 0.05) is 6.42 Å². The smallest absolute Gasteiger partial charge is 0.181 e. The van der Waals surface area contributed by atoms with Gasteiger partial charge in [0.25, 0.3) is 0 Å². The summed E-state index contributed by atoms with van der Waals surface area (Å²) < 4.78 is 0. The summed E-state index contributed by atoms with van der Waals surface area (Å²) in [4.78, 5) is 21.5. The van der Waals surface area contributed by atoms with Crippen molar-refractivity contribution in [3.8, 4) is 0 Å². The lowest BCUT2D eigenvalue weighted by Crippen LogP contribution is -2.03. The molecule has 0 saturated carbocycles. The highest BCUT2D eigenvalue weighted by atomic mass is 35.5. The van der Waals surface area contributed by atoms with Gasteiger partial charge in [-0.25, -0.2) is 0 Å². The fourth-order valence-corrected chi connectivity index (χ4v) is 1.00. The molecule has 0 bridgehead atoms. The third kappa shape index (κ3) is 1.67. The number of rotatable bonds is 0. The number of halogens is 1. The molecule has 3 heteroatoms. The highest BCUT2D eigenvalue weighted by Gasteiger charge is 2.15. The first-order valence-corrected chi connectivity index (χ1v) is 3.48. The molecule has 1 rings (SSSR count). The van der Waals surface area contributed by atoms with Gasteiger partial charge in [-0.15, -0.1) is 0 Å². The highest BCUT2D eigenvalue weighted by Crippen LogP contribution is 2.14. The summed E-state index contributed by atoms with van der Waals surface area (Å²) in [7, 11) is 0. The van der Waals surface area contributed by atoms with Gasteiger partial charge in [0.1, 0.15) is 5.78 Å². The summed E-state index contributed by atoms with van der Waals surface area (Å²) >= 11 is 5.50. The van der Waals surface area contributed by atoms with Crippen LogP contribution in [0.15, 0.2) is 11.1 Å². The van der Waals surface area contributed by atoms with Gasteiger partial charge in [0.05, 0.1) is 11.5 Å². The van der Waals surface area contributed by atoms with Gasteiger partial charge in [0.2, 0.25) is 0 Å². The van der Waals surface area contributed by atoms with Crippen LogP contribution in [-0.4, -0.2) is 11.6 Å². The van der Waals surface area contributed by atoms with Gasteiger partial charge in [-0.05, 0) is 6.42 Å². The molecule has 0 saturated heterocycles. The van der Waals surface area contributed by atoms with Gasteiger partial charge in [0.15, 0.2) is 5.78 Å². The van der Waals surface area contributed by atoms with Gasteiger partial charge in [-0.3, -0.25) is 9.59 Å². The Balaban J connectivity index is 2.73. The van der Waals surface area contributed by atoms with Crippen molar-refractivity contribution in [2.75, 3.05) is 0 Å². The fraction of sp³-hybridized carbons (Fsp3) is 0.429. The number of hydrogen-bond acceptors (Lipinski definition) is 2. The first-order valence-electron chi connectivity index (χ1n) is 3.10. The zero-order valence-electron chi connectivity index (χ0n) is 5.39. The summed E-state index contributed by atoms with van der Waals surface area (Å²) in [5.41, 5.74) is 0. The first kappa shape index (κ1) is 7.48. The topological polar surface area (TPSA) is 34.1 Å². The summed E-state index contributed by atoms with van der Waals surface area (Å²) in [6.07, 6.45) is 2.63. The summed E-state index contributed by atoms with van der Waals surface area (Å²) in [5, 5.41) is 0.214. The van der Waals surface area contributed by atoms with Crippen molar-refractivity contribution in [3.05, 3.63) is 11.1 Å². The van der Waals surface area contributed by atoms with Crippen LogP contribution < -0.4 is 0 Å². The van der Waals surface area contributed by atoms with Crippen molar-refractivity contribution in [1.82, 2.24) is 0 Å². The standard InChI is InChI=1S/C7H7ClO2/c8-6-3-1-2-5(9)4-7(6)10/h3H,1-2,4H2. The maximum Gasteiger partial charge on any atom is 0.181 e. The molecule has 0 spiro atoms. The SMILES string of the molecule is O=C1CCC=C(Cl)C(=O)C1. The van der Waals surface area contributed by atoms with E-state index in [1.165, 1.54) is 0 Å². The molecule has 0 aromatic rings. The van der Waals surface area contributed by atoms with Crippen molar-refractivity contribution >= 4 is 23.2 Å². The van der Waals surface area contributed by atoms with E-state index < -0.39 is 0 Å². The molecule has 0 fully saturated rings. The van der Waals surface area contributed by atoms with E-state index in [4.69, 9.17) is 11.6 Å². The van der Waals surface area contributed by atoms with E-state index in [1.54, 1.807) is 6.08 Å². The molecule has 1 aliphatic carbocycles. The molecule has 10 heavy (non-hydrogen) atoms. The van der Waals surface area contributed by atoms with Crippen LogP contribution in [-0.2, 0) is 9.59 Å². The molecule has 0 atom stereocenters. The second kappa shape index (κ2) is 2.97. The molecule has 0 radical (unpaired) electrons. The predicted molar refractivity (Wildman–Crippen MR) is 37.8 cm³/mol. The first-order chi connectivity index (χ1) is 4.70. The predicted octanol–water partition coefficient (Wildman–Crippen LogP) is 1.43. The maximum absolute atomic E-state index is 10.8. The van der Waals surface area contributed by atoms with Crippen molar-refractivity contribution in [3.63, 3.8) is 0 Å². The third-order valence-corrected chi connectivity index (χ3v) is 1.74. The Bertz CT molecular complexity index is 206. The molecule has 0 N–H and O–H groups in total. The fourth-order valence-electron chi connectivity index (χ4n) is 0.826. The van der Waals surface area contributed by atoms with Crippen LogP contribution in [0.4, 0.5) is 0 Å². The second-order valence-electron chi connectivity index (χ2n) is 2.23. The zero-order chi connectivity index (χ0) is 7.56. The minimum Gasteiger partial charge on any atom is -0.299 e. The average Bonchev–Trinajstić information content (AvgIpc) is 1.96. The van der Waals surface area contributed by atoms with Crippen LogP contribution in [0.2, 0.25) is 0 Å². The van der Waals surface area contributed by atoms with E-state index in [0.717, 1.165) is 0 Å². The average molecular weight is 159 g/mol. The van der Waals surface area contributed by atoms with Crippen LogP contribution >= 0.6 is 11.6 Å². The van der Waals surface area contributed by atoms with Gasteiger partial charge in [-0.2, -0.15) is 0 Å². The molecule has 1 aliphatic rings. The Morgan fingerprint density at radius 2 is 2.10 bits per heavy atom. The molecular formula is C7H7ClO2. The Hall–Kier alpha value is -0.630. The Morgan fingerprint density at radius 3 is 2.80 bits per heavy atom. The minimum absolute atomic E-state index is 0.0168. The van der Waals surface area contributed by atoms with Crippen LogP contribution in [0.3, 0.4) is 0 Å². The van der Waals surface area contributed by atoms with Crippen LogP contribution in [0.1, 0.15) is 19.3 Å². The second-order valence-corrected chi connectivity index (χ2v) is 2.64. The zero-order valence-corrected chi connectivity index (χ0v) is 6.15. The van der Waals surface area contributed by atoms with Gasteiger partial charge in [-0.1, -0.05) is 17.7 Å². The molecule has 0 aromatic heterocycles. The quantitative estimate of drug-likeness (QED) is 0.500. The Kier molecular flexibility index (Phi) is 2.22. The van der Waals surface area contributed by atoms with Crippen LogP contribution in [0.5, 0.6) is 0 Å². The largest absolute Gasteiger partial charge is 0.299 e. The number of allylic oxidation sites excluding steroid dienone is 2. The molecule has 0 aliphatic heterocycles. The lowest BCUT2D eigenvalue weighted by molar-refractivity contribution is -0.124. The number of ketones is 2. The number of Topliss-reactive ketones (excluding diaryl/α,β-unsaturated/α-hetero) is 2. The van der Waals surface area contributed by atoms with Gasteiger partial charge < -0.3 is 0 Å². The minimum atomic E-state index is -0.246. The van der Waals surface area contributed by atoms with Crippen LogP contribution in [0.25, 0.3) is 0 Å². The monoisotopic (exact) mass is 158 g/mol. The normalized spacial score (nSPS) is 20.3. The molecular weight excluding hydrogens is 152 g/mol. The molecule has 54 valence electrons. The lowest BCUT2D eigenvalue weighted by atomic mass is 10.2. The van der Waals surface area contributed by atoms with E-state index in [2.05, 4.69) is 0 Å². The number of carbonyl (C=O) groups is 2. The number of carbonyl (C=O) groups excluding carboxylic acids is 2. The van der Waals surface area contributed by atoms with E-state index in [9.17, 15) is 9.59 Å². The highest BCUT2D eigenvalue weighted by molar-refractivity contribution is 6.43. The lowest BCUT2D eigenvalue weighted by Gasteiger charge is -1.89. The van der Waals surface area contributed by atoms with E-state index in [0.29, 0.717) is 12.8 Å². The Labute approximate surface area is 63.9 Å². The number of hydrogen-bond donors (Lipinski definition) is 0. The molecule has 0 heterocycles. The molecule has 0 unspecified atom stereocenters.